The Hall–Kier alpha value is -2.73. The molecule has 224 valence electrons. The largest absolute Gasteiger partial charge is 0.416 e. The van der Waals surface area contributed by atoms with Crippen LogP contribution in [0.1, 0.15) is 16.7 Å². The van der Waals surface area contributed by atoms with Gasteiger partial charge in [0.15, 0.2) is 0 Å². The van der Waals surface area contributed by atoms with Gasteiger partial charge in [0.2, 0.25) is 5.91 Å². The number of amides is 3. The van der Waals surface area contributed by atoms with Gasteiger partial charge in [0.25, 0.3) is 0 Å². The van der Waals surface area contributed by atoms with E-state index < -0.39 is 17.8 Å². The number of carbonyl (C=O) groups excluding carboxylic acids is 2. The number of nitrogens with zero attached hydrogens (tertiary/aromatic N) is 4. The van der Waals surface area contributed by atoms with Crippen molar-refractivity contribution < 1.29 is 27.5 Å². The van der Waals surface area contributed by atoms with Crippen molar-refractivity contribution in [2.75, 3.05) is 71.5 Å². The van der Waals surface area contributed by atoms with E-state index in [1.54, 1.807) is 30.2 Å². The molecule has 13 heteroatoms. The average molecular weight is 617 g/mol. The number of alkyl halides is 3. The van der Waals surface area contributed by atoms with E-state index in [1.165, 1.54) is 17.0 Å². The van der Waals surface area contributed by atoms with Crippen molar-refractivity contribution in [1.82, 2.24) is 20.0 Å². The van der Waals surface area contributed by atoms with Gasteiger partial charge in [-0.05, 0) is 48.5 Å². The van der Waals surface area contributed by atoms with Crippen LogP contribution >= 0.6 is 23.2 Å². The third kappa shape index (κ3) is 7.77. The highest BCUT2D eigenvalue weighted by Gasteiger charge is 2.37. The molecule has 0 spiro atoms. The van der Waals surface area contributed by atoms with E-state index in [0.717, 1.165) is 6.07 Å². The predicted octanol–water partition coefficient (Wildman–Crippen LogP) is 4.38. The monoisotopic (exact) mass is 615 g/mol. The van der Waals surface area contributed by atoms with Crippen LogP contribution in [0.4, 0.5) is 23.7 Å². The topological polar surface area (TPSA) is 68.4 Å². The van der Waals surface area contributed by atoms with Crippen LogP contribution in [-0.4, -0.2) is 99.3 Å². The number of carbonyl (C=O) groups is 2. The SMILES string of the molecule is COCCN(C)Cc1cc(C(F)(F)F)ccc1N1CCN(C(=O)[C@@H](Cc2ccc(Cl)cc2Cl)N2CCNC2=O)CC1. The first kappa shape index (κ1) is 31.2. The van der Waals surface area contributed by atoms with Gasteiger partial charge in [-0.2, -0.15) is 13.2 Å². The van der Waals surface area contributed by atoms with E-state index in [2.05, 4.69) is 5.32 Å². The zero-order valence-corrected chi connectivity index (χ0v) is 24.5. The number of likely N-dealkylation sites (N-methyl/N-ethyl adjacent to an activating group) is 1. The summed E-state index contributed by atoms with van der Waals surface area (Å²) in [6, 6.07) is 7.82. The van der Waals surface area contributed by atoms with Gasteiger partial charge >= 0.3 is 12.2 Å². The number of nitrogens with one attached hydrogen (secondary N) is 1. The summed E-state index contributed by atoms with van der Waals surface area (Å²) in [6.45, 7) is 3.78. The molecule has 0 bridgehead atoms. The lowest BCUT2D eigenvalue weighted by molar-refractivity contribution is -0.138. The van der Waals surface area contributed by atoms with Crippen LogP contribution in [0.15, 0.2) is 36.4 Å². The van der Waals surface area contributed by atoms with Gasteiger partial charge in [-0.1, -0.05) is 29.3 Å². The Labute approximate surface area is 247 Å². The van der Waals surface area contributed by atoms with Crippen LogP contribution in [0.2, 0.25) is 10.0 Å². The van der Waals surface area contributed by atoms with Gasteiger partial charge in [-0.15, -0.1) is 0 Å². The normalized spacial score (nSPS) is 16.9. The third-order valence-electron chi connectivity index (χ3n) is 7.44. The Kier molecular flexibility index (Phi) is 10.3. The lowest BCUT2D eigenvalue weighted by atomic mass is 10.0. The molecule has 2 heterocycles. The summed E-state index contributed by atoms with van der Waals surface area (Å²) in [6.07, 6.45) is -4.22. The minimum atomic E-state index is -4.45. The third-order valence-corrected chi connectivity index (χ3v) is 8.02. The molecule has 4 rings (SSSR count). The fourth-order valence-electron chi connectivity index (χ4n) is 5.20. The highest BCUT2D eigenvalue weighted by atomic mass is 35.5. The lowest BCUT2D eigenvalue weighted by Crippen LogP contribution is -2.56. The molecular weight excluding hydrogens is 582 g/mol. The first-order valence-corrected chi connectivity index (χ1v) is 14.1. The maximum absolute atomic E-state index is 13.8. The standard InChI is InChI=1S/C28H34Cl2F3N5O3/c1-35(13-14-41-2)18-20-15-21(28(31,32)33)4-6-24(20)36-9-11-37(12-10-36)26(39)25(38-8-7-34-27(38)40)16-19-3-5-22(29)17-23(19)30/h3-6,15,17,25H,7-14,16,18H2,1-2H3,(H,34,40)/t25-/m1/s1. The molecule has 2 aliphatic heterocycles. The van der Waals surface area contributed by atoms with E-state index in [4.69, 9.17) is 27.9 Å². The van der Waals surface area contributed by atoms with E-state index in [1.807, 2.05) is 16.8 Å². The first-order chi connectivity index (χ1) is 19.5. The molecule has 2 aromatic carbocycles. The number of methoxy groups -OCH3 is 1. The van der Waals surface area contributed by atoms with Gasteiger partial charge in [0.05, 0.1) is 12.2 Å². The molecule has 2 aromatic rings. The first-order valence-electron chi connectivity index (χ1n) is 13.4. The molecule has 41 heavy (non-hydrogen) atoms. The maximum Gasteiger partial charge on any atom is 0.416 e. The summed E-state index contributed by atoms with van der Waals surface area (Å²) in [5.41, 5.74) is 1.28. The van der Waals surface area contributed by atoms with Gasteiger partial charge in [-0.25, -0.2) is 4.79 Å². The van der Waals surface area contributed by atoms with Crippen LogP contribution < -0.4 is 10.2 Å². The molecule has 0 saturated carbocycles. The number of hydrogen-bond donors (Lipinski definition) is 1. The van der Waals surface area contributed by atoms with Gasteiger partial charge in [0, 0.05) is 81.6 Å². The second-order valence-electron chi connectivity index (χ2n) is 10.3. The highest BCUT2D eigenvalue weighted by molar-refractivity contribution is 6.35. The van der Waals surface area contributed by atoms with Crippen molar-refractivity contribution >= 4 is 40.8 Å². The second kappa shape index (κ2) is 13.5. The Bertz CT molecular complexity index is 1240. The smallest absolute Gasteiger partial charge is 0.383 e. The van der Waals surface area contributed by atoms with E-state index in [9.17, 15) is 22.8 Å². The highest BCUT2D eigenvalue weighted by Crippen LogP contribution is 2.34. The summed E-state index contributed by atoms with van der Waals surface area (Å²) in [7, 11) is 3.41. The van der Waals surface area contributed by atoms with Crippen molar-refractivity contribution in [2.24, 2.45) is 0 Å². The number of anilines is 1. The molecule has 8 nitrogen and oxygen atoms in total. The molecular formula is C28H34Cl2F3N5O3. The number of hydrogen-bond acceptors (Lipinski definition) is 5. The molecule has 2 fully saturated rings. The predicted molar refractivity (Wildman–Crippen MR) is 153 cm³/mol. The number of rotatable bonds is 10. The van der Waals surface area contributed by atoms with Crippen LogP contribution in [0.5, 0.6) is 0 Å². The Balaban J connectivity index is 1.50. The Morgan fingerprint density at radius 1 is 1.07 bits per heavy atom. The van der Waals surface area contributed by atoms with Gasteiger partial charge in [-0.3, -0.25) is 9.69 Å². The molecule has 0 aliphatic carbocycles. The van der Waals surface area contributed by atoms with Crippen molar-refractivity contribution in [3.05, 3.63) is 63.1 Å². The summed E-state index contributed by atoms with van der Waals surface area (Å²) in [5.74, 6) is -0.195. The number of benzene rings is 2. The molecule has 0 unspecified atom stereocenters. The lowest BCUT2D eigenvalue weighted by Gasteiger charge is -2.40. The summed E-state index contributed by atoms with van der Waals surface area (Å²) in [5, 5.41) is 3.65. The molecule has 0 radical (unpaired) electrons. The van der Waals surface area contributed by atoms with Crippen LogP contribution in [-0.2, 0) is 28.7 Å². The van der Waals surface area contributed by atoms with E-state index >= 15 is 0 Å². The second-order valence-corrected chi connectivity index (χ2v) is 11.1. The van der Waals surface area contributed by atoms with Crippen LogP contribution in [0.3, 0.4) is 0 Å². The number of piperazine rings is 1. The summed E-state index contributed by atoms with van der Waals surface area (Å²) in [4.78, 5) is 33.5. The van der Waals surface area contributed by atoms with Gasteiger partial charge < -0.3 is 24.8 Å². The Morgan fingerprint density at radius 3 is 2.41 bits per heavy atom. The molecule has 1 N–H and O–H groups in total. The van der Waals surface area contributed by atoms with Gasteiger partial charge in [0.1, 0.15) is 6.04 Å². The van der Waals surface area contributed by atoms with Crippen molar-refractivity contribution in [3.8, 4) is 0 Å². The van der Waals surface area contributed by atoms with Crippen molar-refractivity contribution in [1.29, 1.82) is 0 Å². The zero-order valence-electron chi connectivity index (χ0n) is 23.0. The number of urea groups is 1. The average Bonchev–Trinajstić information content (AvgIpc) is 3.36. The summed E-state index contributed by atoms with van der Waals surface area (Å²) < 4.78 is 45.7. The molecule has 1 atom stereocenters. The number of ether oxygens (including phenoxy) is 1. The maximum atomic E-state index is 13.8. The van der Waals surface area contributed by atoms with E-state index in [0.29, 0.717) is 85.8 Å². The Morgan fingerprint density at radius 2 is 1.80 bits per heavy atom. The summed E-state index contributed by atoms with van der Waals surface area (Å²) >= 11 is 12.4. The zero-order chi connectivity index (χ0) is 29.7. The van der Waals surface area contributed by atoms with Crippen molar-refractivity contribution in [3.63, 3.8) is 0 Å². The van der Waals surface area contributed by atoms with Crippen molar-refractivity contribution in [2.45, 2.75) is 25.2 Å². The molecule has 0 aromatic heterocycles. The van der Waals surface area contributed by atoms with Crippen LogP contribution in [0, 0.1) is 0 Å². The van der Waals surface area contributed by atoms with E-state index in [-0.39, 0.29) is 18.4 Å². The fourth-order valence-corrected chi connectivity index (χ4v) is 5.69. The molecule has 3 amide bonds. The number of halogens is 5. The minimum absolute atomic E-state index is 0.195. The molecule has 2 aliphatic rings. The minimum Gasteiger partial charge on any atom is -0.383 e. The van der Waals surface area contributed by atoms with Crippen LogP contribution in [0.25, 0.3) is 0 Å². The fraction of sp³-hybridized carbons (Fsp3) is 0.500. The quantitative estimate of drug-likeness (QED) is 0.430. The molecule has 2 saturated heterocycles.